The number of amides is 1. The summed E-state index contributed by atoms with van der Waals surface area (Å²) in [5.41, 5.74) is 1.99. The molecular weight excluding hydrogens is 269 g/mol. The van der Waals surface area contributed by atoms with E-state index < -0.39 is 18.6 Å². The second kappa shape index (κ2) is 6.63. The Bertz CT molecular complexity index is 472. The predicted molar refractivity (Wildman–Crippen MR) is 73.0 cm³/mol. The van der Waals surface area contributed by atoms with Gasteiger partial charge in [0.1, 0.15) is 6.54 Å². The van der Waals surface area contributed by atoms with Gasteiger partial charge in [0.15, 0.2) is 0 Å². The number of rotatable bonds is 5. The molecule has 0 radical (unpaired) electrons. The molecule has 1 amide bonds. The summed E-state index contributed by atoms with van der Waals surface area (Å²) in [4.78, 5) is 12.9. The Labute approximate surface area is 116 Å². The molecule has 3 nitrogen and oxygen atoms in total. The number of benzene rings is 1. The Hall–Kier alpha value is -1.72. The van der Waals surface area contributed by atoms with Crippen molar-refractivity contribution in [2.45, 2.75) is 26.9 Å². The van der Waals surface area contributed by atoms with Crippen LogP contribution in [0.3, 0.4) is 0 Å². The number of anilines is 1. The first-order valence-corrected chi connectivity index (χ1v) is 6.49. The average Bonchev–Trinajstić information content (AvgIpc) is 2.36. The molecule has 0 aliphatic carbocycles. The van der Waals surface area contributed by atoms with Crippen molar-refractivity contribution < 1.29 is 18.0 Å². The van der Waals surface area contributed by atoms with Gasteiger partial charge in [-0.25, -0.2) is 0 Å². The van der Waals surface area contributed by atoms with E-state index in [1.165, 1.54) is 6.92 Å². The van der Waals surface area contributed by atoms with E-state index in [1.807, 2.05) is 13.8 Å². The lowest BCUT2D eigenvalue weighted by Gasteiger charge is -2.22. The van der Waals surface area contributed by atoms with Crippen molar-refractivity contribution in [1.82, 2.24) is 4.90 Å². The van der Waals surface area contributed by atoms with Crippen molar-refractivity contribution in [2.24, 2.45) is 0 Å². The SMILES string of the molecule is CCNc1ccc(C(=O)N(CC)CC(F)(F)F)cc1C. The van der Waals surface area contributed by atoms with Crippen LogP contribution in [0.2, 0.25) is 0 Å². The third-order valence-electron chi connectivity index (χ3n) is 2.88. The Morgan fingerprint density at radius 1 is 1.30 bits per heavy atom. The van der Waals surface area contributed by atoms with Gasteiger partial charge in [0.05, 0.1) is 0 Å². The molecule has 20 heavy (non-hydrogen) atoms. The molecule has 0 fully saturated rings. The zero-order valence-corrected chi connectivity index (χ0v) is 11.8. The molecular formula is C14H19F3N2O. The van der Waals surface area contributed by atoms with Crippen LogP contribution in [0, 0.1) is 6.92 Å². The van der Waals surface area contributed by atoms with E-state index in [-0.39, 0.29) is 12.1 Å². The fourth-order valence-electron chi connectivity index (χ4n) is 1.91. The molecule has 0 saturated heterocycles. The van der Waals surface area contributed by atoms with Gasteiger partial charge in [-0.15, -0.1) is 0 Å². The van der Waals surface area contributed by atoms with Gasteiger partial charge in [-0.05, 0) is 44.5 Å². The van der Waals surface area contributed by atoms with Gasteiger partial charge in [0.25, 0.3) is 5.91 Å². The van der Waals surface area contributed by atoms with Crippen LogP contribution in [0.25, 0.3) is 0 Å². The summed E-state index contributed by atoms with van der Waals surface area (Å²) in [7, 11) is 0. The number of aryl methyl sites for hydroxylation is 1. The number of halogens is 3. The van der Waals surface area contributed by atoms with Crippen molar-refractivity contribution in [1.29, 1.82) is 0 Å². The fourth-order valence-corrected chi connectivity index (χ4v) is 1.91. The molecule has 0 unspecified atom stereocenters. The Balaban J connectivity index is 2.93. The number of alkyl halides is 3. The van der Waals surface area contributed by atoms with Crippen molar-refractivity contribution in [3.63, 3.8) is 0 Å². The maximum Gasteiger partial charge on any atom is 0.406 e. The van der Waals surface area contributed by atoms with Crippen LogP contribution >= 0.6 is 0 Å². The van der Waals surface area contributed by atoms with E-state index in [0.29, 0.717) is 0 Å². The summed E-state index contributed by atoms with van der Waals surface area (Å²) in [6.45, 7) is 4.82. The first kappa shape index (κ1) is 16.3. The van der Waals surface area contributed by atoms with Crippen LogP contribution in [-0.4, -0.2) is 36.6 Å². The third kappa shape index (κ3) is 4.43. The molecule has 112 valence electrons. The zero-order chi connectivity index (χ0) is 15.3. The Kier molecular flexibility index (Phi) is 5.42. The second-order valence-corrected chi connectivity index (χ2v) is 4.49. The minimum absolute atomic E-state index is 0.0202. The molecule has 0 saturated carbocycles. The second-order valence-electron chi connectivity index (χ2n) is 4.49. The third-order valence-corrected chi connectivity index (χ3v) is 2.88. The molecule has 0 aliphatic rings. The highest BCUT2D eigenvalue weighted by molar-refractivity contribution is 5.95. The molecule has 1 rings (SSSR count). The van der Waals surface area contributed by atoms with E-state index in [2.05, 4.69) is 5.32 Å². The fraction of sp³-hybridized carbons (Fsp3) is 0.500. The molecule has 0 aliphatic heterocycles. The average molecular weight is 288 g/mol. The van der Waals surface area contributed by atoms with Gasteiger partial charge in [0.2, 0.25) is 0 Å². The summed E-state index contributed by atoms with van der Waals surface area (Å²) < 4.78 is 37.2. The summed E-state index contributed by atoms with van der Waals surface area (Å²) >= 11 is 0. The lowest BCUT2D eigenvalue weighted by atomic mass is 10.1. The zero-order valence-electron chi connectivity index (χ0n) is 11.8. The molecule has 1 aromatic carbocycles. The molecule has 0 atom stereocenters. The monoisotopic (exact) mass is 288 g/mol. The molecule has 0 bridgehead atoms. The molecule has 0 aromatic heterocycles. The number of hydrogen-bond donors (Lipinski definition) is 1. The summed E-state index contributed by atoms with van der Waals surface area (Å²) in [5.74, 6) is -0.601. The standard InChI is InChI=1S/C14H19F3N2O/c1-4-18-12-7-6-11(8-10(12)3)13(20)19(5-2)9-14(15,16)17/h6-8,18H,4-5,9H2,1-3H3. The maximum absolute atomic E-state index is 12.4. The first-order valence-electron chi connectivity index (χ1n) is 6.49. The van der Waals surface area contributed by atoms with E-state index >= 15 is 0 Å². The largest absolute Gasteiger partial charge is 0.406 e. The highest BCUT2D eigenvalue weighted by atomic mass is 19.4. The number of nitrogens with one attached hydrogen (secondary N) is 1. The van der Waals surface area contributed by atoms with Crippen molar-refractivity contribution in [3.05, 3.63) is 29.3 Å². The van der Waals surface area contributed by atoms with Gasteiger partial charge in [-0.3, -0.25) is 4.79 Å². The molecule has 1 N–H and O–H groups in total. The van der Waals surface area contributed by atoms with Crippen molar-refractivity contribution in [2.75, 3.05) is 25.0 Å². The smallest absolute Gasteiger partial charge is 0.385 e. The minimum Gasteiger partial charge on any atom is -0.385 e. The normalized spacial score (nSPS) is 11.3. The number of carbonyl (C=O) groups is 1. The van der Waals surface area contributed by atoms with Crippen LogP contribution in [0.5, 0.6) is 0 Å². The summed E-state index contributed by atoms with van der Waals surface area (Å²) in [5, 5.41) is 3.12. The van der Waals surface area contributed by atoms with E-state index in [0.717, 1.165) is 22.7 Å². The highest BCUT2D eigenvalue weighted by Gasteiger charge is 2.32. The van der Waals surface area contributed by atoms with Crippen LogP contribution in [0.1, 0.15) is 29.8 Å². The van der Waals surface area contributed by atoms with Crippen LogP contribution in [0.4, 0.5) is 18.9 Å². The minimum atomic E-state index is -4.38. The summed E-state index contributed by atoms with van der Waals surface area (Å²) in [6, 6.07) is 4.87. The van der Waals surface area contributed by atoms with Gasteiger partial charge < -0.3 is 10.2 Å². The van der Waals surface area contributed by atoms with E-state index in [4.69, 9.17) is 0 Å². The molecule has 1 aromatic rings. The van der Waals surface area contributed by atoms with Crippen molar-refractivity contribution in [3.8, 4) is 0 Å². The van der Waals surface area contributed by atoms with Gasteiger partial charge in [0, 0.05) is 24.3 Å². The Morgan fingerprint density at radius 3 is 2.40 bits per heavy atom. The molecule has 0 heterocycles. The van der Waals surface area contributed by atoms with E-state index in [9.17, 15) is 18.0 Å². The number of hydrogen-bond acceptors (Lipinski definition) is 2. The molecule has 0 spiro atoms. The summed E-state index contributed by atoms with van der Waals surface area (Å²) in [6.07, 6.45) is -4.38. The maximum atomic E-state index is 12.4. The van der Waals surface area contributed by atoms with Gasteiger partial charge in [-0.2, -0.15) is 13.2 Å². The quantitative estimate of drug-likeness (QED) is 0.900. The van der Waals surface area contributed by atoms with Crippen LogP contribution < -0.4 is 5.32 Å². The van der Waals surface area contributed by atoms with Crippen LogP contribution in [0.15, 0.2) is 18.2 Å². The molecule has 6 heteroatoms. The lowest BCUT2D eigenvalue weighted by Crippen LogP contribution is -2.38. The van der Waals surface area contributed by atoms with Gasteiger partial charge in [-0.1, -0.05) is 0 Å². The van der Waals surface area contributed by atoms with Crippen molar-refractivity contribution >= 4 is 11.6 Å². The van der Waals surface area contributed by atoms with E-state index in [1.54, 1.807) is 18.2 Å². The Morgan fingerprint density at radius 2 is 1.95 bits per heavy atom. The van der Waals surface area contributed by atoms with Gasteiger partial charge >= 0.3 is 6.18 Å². The topological polar surface area (TPSA) is 32.3 Å². The predicted octanol–water partition coefficient (Wildman–Crippen LogP) is 3.45. The lowest BCUT2D eigenvalue weighted by molar-refractivity contribution is -0.140. The number of carbonyl (C=O) groups excluding carboxylic acids is 1. The first-order chi connectivity index (χ1) is 9.28. The van der Waals surface area contributed by atoms with Crippen LogP contribution in [-0.2, 0) is 0 Å². The number of nitrogens with zero attached hydrogens (tertiary/aromatic N) is 1. The highest BCUT2D eigenvalue weighted by Crippen LogP contribution is 2.20.